The lowest BCUT2D eigenvalue weighted by Crippen LogP contribution is -2.13. The number of benzene rings is 3. The molecule has 1 aliphatic heterocycles. The van der Waals surface area contributed by atoms with E-state index in [1.807, 2.05) is 36.4 Å². The fourth-order valence-corrected chi connectivity index (χ4v) is 2.69. The Labute approximate surface area is 156 Å². The van der Waals surface area contributed by atoms with Crippen molar-refractivity contribution in [3.05, 3.63) is 72.3 Å². The van der Waals surface area contributed by atoms with Crippen LogP contribution in [0.15, 0.2) is 66.7 Å². The molecule has 6 heteroatoms. The number of para-hydroxylation sites is 1. The number of hydrogen-bond donors (Lipinski definition) is 1. The van der Waals surface area contributed by atoms with Crippen molar-refractivity contribution in [1.82, 2.24) is 0 Å². The van der Waals surface area contributed by atoms with Crippen molar-refractivity contribution >= 4 is 11.8 Å². The Balaban J connectivity index is 1.44. The van der Waals surface area contributed by atoms with Crippen molar-refractivity contribution < 1.29 is 23.7 Å². The van der Waals surface area contributed by atoms with E-state index >= 15 is 0 Å². The summed E-state index contributed by atoms with van der Waals surface area (Å²) in [5.74, 6) is 2.69. The summed E-state index contributed by atoms with van der Waals surface area (Å²) in [6.45, 7) is 0.199. The smallest absolute Gasteiger partial charge is 0.411 e. The van der Waals surface area contributed by atoms with Crippen LogP contribution in [0.5, 0.6) is 28.7 Å². The quantitative estimate of drug-likeness (QED) is 0.530. The van der Waals surface area contributed by atoms with Crippen molar-refractivity contribution in [2.24, 2.45) is 0 Å². The minimum atomic E-state index is -0.544. The molecule has 3 aromatic carbocycles. The van der Waals surface area contributed by atoms with E-state index in [9.17, 15) is 4.79 Å². The van der Waals surface area contributed by atoms with E-state index in [0.29, 0.717) is 34.4 Å². The summed E-state index contributed by atoms with van der Waals surface area (Å²) in [4.78, 5) is 12.0. The number of nitrogens with one attached hydrogen (secondary N) is 1. The zero-order chi connectivity index (χ0) is 18.6. The van der Waals surface area contributed by atoms with Gasteiger partial charge in [0.05, 0.1) is 7.11 Å². The van der Waals surface area contributed by atoms with Crippen LogP contribution >= 0.6 is 0 Å². The van der Waals surface area contributed by atoms with Gasteiger partial charge in [0.15, 0.2) is 23.0 Å². The summed E-state index contributed by atoms with van der Waals surface area (Å²) in [5.41, 5.74) is 1.46. The molecular weight excluding hydrogens is 346 g/mol. The SMILES string of the molecule is COc1cccc2c1Oc1ccc(NC(=O)OCc3ccccc3)cc1O2. The summed E-state index contributed by atoms with van der Waals surface area (Å²) < 4.78 is 22.3. The van der Waals surface area contributed by atoms with Gasteiger partial charge in [0.25, 0.3) is 0 Å². The van der Waals surface area contributed by atoms with Gasteiger partial charge in [-0.15, -0.1) is 0 Å². The number of rotatable bonds is 4. The first-order valence-electron chi connectivity index (χ1n) is 8.37. The highest BCUT2D eigenvalue weighted by Crippen LogP contribution is 2.50. The first-order valence-corrected chi connectivity index (χ1v) is 8.37. The lowest BCUT2D eigenvalue weighted by Gasteiger charge is -2.22. The van der Waals surface area contributed by atoms with Crippen LogP contribution in [0.3, 0.4) is 0 Å². The van der Waals surface area contributed by atoms with Gasteiger partial charge in [-0.25, -0.2) is 4.79 Å². The molecule has 3 aromatic rings. The number of carbonyl (C=O) groups is 1. The van der Waals surface area contributed by atoms with Crippen LogP contribution in [-0.2, 0) is 11.3 Å². The summed E-state index contributed by atoms with van der Waals surface area (Å²) in [7, 11) is 1.57. The summed E-state index contributed by atoms with van der Waals surface area (Å²) in [5, 5.41) is 2.69. The maximum Gasteiger partial charge on any atom is 0.411 e. The number of carbonyl (C=O) groups excluding carboxylic acids is 1. The molecule has 0 aromatic heterocycles. The minimum absolute atomic E-state index is 0.199. The maximum atomic E-state index is 12.0. The number of ether oxygens (including phenoxy) is 4. The Bertz CT molecular complexity index is 972. The number of methoxy groups -OCH3 is 1. The van der Waals surface area contributed by atoms with Gasteiger partial charge < -0.3 is 18.9 Å². The second-order valence-electron chi connectivity index (χ2n) is 5.84. The fraction of sp³-hybridized carbons (Fsp3) is 0.0952. The Morgan fingerprint density at radius 1 is 0.926 bits per heavy atom. The second-order valence-corrected chi connectivity index (χ2v) is 5.84. The molecule has 0 saturated carbocycles. The fourth-order valence-electron chi connectivity index (χ4n) is 2.69. The highest BCUT2D eigenvalue weighted by molar-refractivity contribution is 5.85. The Hall–Kier alpha value is -3.67. The summed E-state index contributed by atoms with van der Waals surface area (Å²) in [6, 6.07) is 20.0. The lowest BCUT2D eigenvalue weighted by atomic mass is 10.2. The third-order valence-electron chi connectivity index (χ3n) is 4.00. The van der Waals surface area contributed by atoms with E-state index in [0.717, 1.165) is 5.56 Å². The molecule has 1 aliphatic rings. The zero-order valence-corrected chi connectivity index (χ0v) is 14.6. The van der Waals surface area contributed by atoms with E-state index in [-0.39, 0.29) is 6.61 Å². The van der Waals surface area contributed by atoms with Crippen LogP contribution < -0.4 is 19.5 Å². The highest BCUT2D eigenvalue weighted by atomic mass is 16.6. The molecule has 0 saturated heterocycles. The van der Waals surface area contributed by atoms with E-state index in [1.54, 1.807) is 37.4 Å². The molecule has 6 nitrogen and oxygen atoms in total. The third kappa shape index (κ3) is 3.64. The van der Waals surface area contributed by atoms with E-state index in [4.69, 9.17) is 18.9 Å². The number of amides is 1. The van der Waals surface area contributed by atoms with E-state index in [2.05, 4.69) is 5.32 Å². The molecule has 136 valence electrons. The zero-order valence-electron chi connectivity index (χ0n) is 14.6. The molecule has 0 unspecified atom stereocenters. The van der Waals surface area contributed by atoms with Gasteiger partial charge in [-0.1, -0.05) is 36.4 Å². The molecule has 0 atom stereocenters. The molecule has 27 heavy (non-hydrogen) atoms. The van der Waals surface area contributed by atoms with Crippen LogP contribution in [0.4, 0.5) is 10.5 Å². The van der Waals surface area contributed by atoms with E-state index in [1.165, 1.54) is 0 Å². The molecule has 1 amide bonds. The van der Waals surface area contributed by atoms with Gasteiger partial charge in [-0.05, 0) is 29.8 Å². The number of hydrogen-bond acceptors (Lipinski definition) is 5. The molecule has 1 N–H and O–H groups in total. The molecular formula is C21H17NO5. The molecule has 0 bridgehead atoms. The van der Waals surface area contributed by atoms with Gasteiger partial charge in [-0.2, -0.15) is 0 Å². The number of anilines is 1. The van der Waals surface area contributed by atoms with Crippen LogP contribution in [0, 0.1) is 0 Å². The molecule has 0 fully saturated rings. The number of fused-ring (bicyclic) bond motifs is 2. The van der Waals surface area contributed by atoms with Gasteiger partial charge >= 0.3 is 6.09 Å². The highest BCUT2D eigenvalue weighted by Gasteiger charge is 2.22. The Morgan fingerprint density at radius 2 is 1.78 bits per heavy atom. The van der Waals surface area contributed by atoms with Crippen molar-refractivity contribution in [2.45, 2.75) is 6.61 Å². The van der Waals surface area contributed by atoms with Crippen LogP contribution in [-0.4, -0.2) is 13.2 Å². The lowest BCUT2D eigenvalue weighted by molar-refractivity contribution is 0.155. The van der Waals surface area contributed by atoms with Crippen molar-refractivity contribution in [1.29, 1.82) is 0 Å². The molecule has 0 aliphatic carbocycles. The monoisotopic (exact) mass is 363 g/mol. The Morgan fingerprint density at radius 3 is 2.59 bits per heavy atom. The van der Waals surface area contributed by atoms with Gasteiger partial charge in [0.1, 0.15) is 6.61 Å². The average molecular weight is 363 g/mol. The van der Waals surface area contributed by atoms with Gasteiger partial charge in [0, 0.05) is 11.8 Å². The normalized spacial score (nSPS) is 11.3. The standard InChI is InChI=1S/C21H17NO5/c1-24-17-8-5-9-18-20(17)27-16-11-10-15(12-19(16)26-18)22-21(23)25-13-14-6-3-2-4-7-14/h2-12H,13H2,1H3,(H,22,23). The van der Waals surface area contributed by atoms with Crippen LogP contribution in [0.1, 0.15) is 5.56 Å². The first-order chi connectivity index (χ1) is 13.2. The predicted molar refractivity (Wildman–Crippen MR) is 99.8 cm³/mol. The predicted octanol–water partition coefficient (Wildman–Crippen LogP) is 5.34. The molecule has 1 heterocycles. The molecule has 0 radical (unpaired) electrons. The second kappa shape index (κ2) is 7.29. The van der Waals surface area contributed by atoms with Gasteiger partial charge in [-0.3, -0.25) is 5.32 Å². The Kier molecular flexibility index (Phi) is 4.53. The summed E-state index contributed by atoms with van der Waals surface area (Å²) in [6.07, 6.45) is -0.544. The van der Waals surface area contributed by atoms with Crippen molar-refractivity contribution in [2.75, 3.05) is 12.4 Å². The van der Waals surface area contributed by atoms with Crippen LogP contribution in [0.25, 0.3) is 0 Å². The van der Waals surface area contributed by atoms with Crippen molar-refractivity contribution in [3.8, 4) is 28.7 Å². The van der Waals surface area contributed by atoms with Gasteiger partial charge in [0.2, 0.25) is 5.75 Å². The van der Waals surface area contributed by atoms with Crippen LogP contribution in [0.2, 0.25) is 0 Å². The third-order valence-corrected chi connectivity index (χ3v) is 4.00. The topological polar surface area (TPSA) is 66.0 Å². The summed E-state index contributed by atoms with van der Waals surface area (Å²) >= 11 is 0. The molecule has 4 rings (SSSR count). The maximum absolute atomic E-state index is 12.0. The largest absolute Gasteiger partial charge is 0.493 e. The first kappa shape index (κ1) is 16.8. The van der Waals surface area contributed by atoms with E-state index < -0.39 is 6.09 Å². The average Bonchev–Trinajstić information content (AvgIpc) is 2.71. The molecule has 0 spiro atoms. The van der Waals surface area contributed by atoms with Crippen molar-refractivity contribution in [3.63, 3.8) is 0 Å². The minimum Gasteiger partial charge on any atom is -0.493 e.